The molecule has 15 heavy (non-hydrogen) atoms. The van der Waals surface area contributed by atoms with Crippen LogP contribution in [0.5, 0.6) is 0 Å². The van der Waals surface area contributed by atoms with Crippen molar-refractivity contribution in [3.8, 4) is 0 Å². The first kappa shape index (κ1) is 15.0. The smallest absolute Gasteiger partial charge is 0.0450 e. The summed E-state index contributed by atoms with van der Waals surface area (Å²) in [5.74, 6) is 0.597. The summed E-state index contributed by atoms with van der Waals surface area (Å²) in [7, 11) is 0. The van der Waals surface area contributed by atoms with Gasteiger partial charge in [-0.3, -0.25) is 4.98 Å². The number of pyridine rings is 1. The Morgan fingerprint density at radius 1 is 1.27 bits per heavy atom. The van der Waals surface area contributed by atoms with Gasteiger partial charge in [-0.25, -0.2) is 0 Å². The second-order valence-electron chi connectivity index (χ2n) is 3.42. The second kappa shape index (κ2) is 7.29. The van der Waals surface area contributed by atoms with Gasteiger partial charge in [0, 0.05) is 22.8 Å². The van der Waals surface area contributed by atoms with Crippen LogP contribution < -0.4 is 5.32 Å². The Labute approximate surface area is 108 Å². The van der Waals surface area contributed by atoms with Crippen LogP contribution in [0.1, 0.15) is 24.5 Å². The van der Waals surface area contributed by atoms with Crippen molar-refractivity contribution >= 4 is 36.4 Å². The molecular weight excluding hydrogens is 254 g/mol. The van der Waals surface area contributed by atoms with Crippen molar-refractivity contribution in [1.82, 2.24) is 10.3 Å². The van der Waals surface area contributed by atoms with E-state index in [0.717, 1.165) is 23.8 Å². The van der Waals surface area contributed by atoms with Crippen LogP contribution in [0.15, 0.2) is 18.3 Å². The predicted molar refractivity (Wildman–Crippen MR) is 68.6 cm³/mol. The molecule has 0 aliphatic carbocycles. The first-order valence-corrected chi connectivity index (χ1v) is 5.06. The molecule has 0 amide bonds. The molecule has 2 nitrogen and oxygen atoms in total. The van der Waals surface area contributed by atoms with Gasteiger partial charge in [0.25, 0.3) is 0 Å². The van der Waals surface area contributed by atoms with E-state index >= 15 is 0 Å². The SMILES string of the molecule is Cl.Cl.Clc1ccnc(C2CCNCC2)c1. The molecule has 1 aliphatic rings. The summed E-state index contributed by atoms with van der Waals surface area (Å²) >= 11 is 5.91. The summed E-state index contributed by atoms with van der Waals surface area (Å²) in [4.78, 5) is 4.35. The number of aromatic nitrogens is 1. The number of rotatable bonds is 1. The van der Waals surface area contributed by atoms with Crippen LogP contribution in [-0.2, 0) is 0 Å². The molecule has 0 radical (unpaired) electrons. The highest BCUT2D eigenvalue weighted by molar-refractivity contribution is 6.30. The minimum Gasteiger partial charge on any atom is -0.317 e. The zero-order valence-corrected chi connectivity index (χ0v) is 10.7. The van der Waals surface area contributed by atoms with Gasteiger partial charge in [-0.15, -0.1) is 24.8 Å². The molecule has 1 fully saturated rings. The minimum atomic E-state index is 0. The van der Waals surface area contributed by atoms with E-state index < -0.39 is 0 Å². The predicted octanol–water partition coefficient (Wildman–Crippen LogP) is 3.05. The van der Waals surface area contributed by atoms with E-state index in [1.807, 2.05) is 12.1 Å². The molecule has 0 saturated carbocycles. The van der Waals surface area contributed by atoms with Crippen molar-refractivity contribution in [1.29, 1.82) is 0 Å². The Bertz CT molecular complexity index is 288. The van der Waals surface area contributed by atoms with Crippen molar-refractivity contribution in [2.75, 3.05) is 13.1 Å². The minimum absolute atomic E-state index is 0. The van der Waals surface area contributed by atoms with Crippen molar-refractivity contribution < 1.29 is 0 Å². The Hall–Kier alpha value is -0.0200. The molecule has 1 aliphatic heterocycles. The third-order valence-electron chi connectivity index (χ3n) is 2.50. The van der Waals surface area contributed by atoms with Gasteiger partial charge in [-0.05, 0) is 38.1 Å². The Morgan fingerprint density at radius 3 is 2.53 bits per heavy atom. The van der Waals surface area contributed by atoms with Crippen molar-refractivity contribution in [2.24, 2.45) is 0 Å². The van der Waals surface area contributed by atoms with E-state index in [4.69, 9.17) is 11.6 Å². The van der Waals surface area contributed by atoms with Crippen LogP contribution in [0.4, 0.5) is 0 Å². The molecular formula is C10H15Cl3N2. The lowest BCUT2D eigenvalue weighted by molar-refractivity contribution is 0.453. The van der Waals surface area contributed by atoms with Crippen LogP contribution in [0, 0.1) is 0 Å². The first-order valence-electron chi connectivity index (χ1n) is 4.68. The summed E-state index contributed by atoms with van der Waals surface area (Å²) < 4.78 is 0. The van der Waals surface area contributed by atoms with Crippen molar-refractivity contribution in [2.45, 2.75) is 18.8 Å². The lowest BCUT2D eigenvalue weighted by Crippen LogP contribution is -2.26. The highest BCUT2D eigenvalue weighted by Gasteiger charge is 2.15. The maximum Gasteiger partial charge on any atom is 0.0450 e. The van der Waals surface area contributed by atoms with Crippen molar-refractivity contribution in [3.63, 3.8) is 0 Å². The fraction of sp³-hybridized carbons (Fsp3) is 0.500. The maximum absolute atomic E-state index is 5.91. The monoisotopic (exact) mass is 268 g/mol. The van der Waals surface area contributed by atoms with Gasteiger partial charge in [0.05, 0.1) is 0 Å². The summed E-state index contributed by atoms with van der Waals surface area (Å²) in [5, 5.41) is 4.13. The van der Waals surface area contributed by atoms with E-state index in [-0.39, 0.29) is 24.8 Å². The van der Waals surface area contributed by atoms with Crippen LogP contribution in [-0.4, -0.2) is 18.1 Å². The molecule has 0 aromatic carbocycles. The van der Waals surface area contributed by atoms with Gasteiger partial charge >= 0.3 is 0 Å². The number of halogens is 3. The second-order valence-corrected chi connectivity index (χ2v) is 3.86. The highest BCUT2D eigenvalue weighted by atomic mass is 35.5. The average molecular weight is 270 g/mol. The third kappa shape index (κ3) is 4.15. The average Bonchev–Trinajstić information content (AvgIpc) is 2.19. The molecule has 1 saturated heterocycles. The van der Waals surface area contributed by atoms with Crippen LogP contribution in [0.25, 0.3) is 0 Å². The topological polar surface area (TPSA) is 24.9 Å². The van der Waals surface area contributed by atoms with Crippen LogP contribution in [0.2, 0.25) is 5.02 Å². The quantitative estimate of drug-likeness (QED) is 0.848. The lowest BCUT2D eigenvalue weighted by Gasteiger charge is -2.21. The number of nitrogens with one attached hydrogen (secondary N) is 1. The summed E-state index contributed by atoms with van der Waals surface area (Å²) in [6.45, 7) is 2.19. The van der Waals surface area contributed by atoms with Gasteiger partial charge in [0.15, 0.2) is 0 Å². The van der Waals surface area contributed by atoms with E-state index in [2.05, 4.69) is 10.3 Å². The summed E-state index contributed by atoms with van der Waals surface area (Å²) in [5.41, 5.74) is 1.15. The highest BCUT2D eigenvalue weighted by Crippen LogP contribution is 2.24. The normalized spacial score (nSPS) is 16.3. The molecule has 1 aromatic heterocycles. The number of hydrogen-bond acceptors (Lipinski definition) is 2. The maximum atomic E-state index is 5.91. The van der Waals surface area contributed by atoms with Gasteiger partial charge in [-0.1, -0.05) is 11.6 Å². The first-order chi connectivity index (χ1) is 6.36. The fourth-order valence-corrected chi connectivity index (χ4v) is 1.93. The molecule has 0 spiro atoms. The molecule has 0 atom stereocenters. The number of hydrogen-bond donors (Lipinski definition) is 1. The Balaban J connectivity index is 0.000000980. The van der Waals surface area contributed by atoms with Gasteiger partial charge in [0.2, 0.25) is 0 Å². The Kier molecular flexibility index (Phi) is 7.28. The van der Waals surface area contributed by atoms with Gasteiger partial charge < -0.3 is 5.32 Å². The molecule has 86 valence electrons. The van der Waals surface area contributed by atoms with Crippen LogP contribution >= 0.6 is 36.4 Å². The van der Waals surface area contributed by atoms with Gasteiger partial charge in [0.1, 0.15) is 0 Å². The standard InChI is InChI=1S/C10H13ClN2.2ClH/c11-9-3-6-13-10(7-9)8-1-4-12-5-2-8;;/h3,6-8,12H,1-2,4-5H2;2*1H. The van der Waals surface area contributed by atoms with E-state index in [0.29, 0.717) is 5.92 Å². The van der Waals surface area contributed by atoms with E-state index in [1.165, 1.54) is 12.8 Å². The molecule has 1 N–H and O–H groups in total. The van der Waals surface area contributed by atoms with E-state index in [9.17, 15) is 0 Å². The Morgan fingerprint density at radius 2 is 1.93 bits per heavy atom. The molecule has 2 heterocycles. The van der Waals surface area contributed by atoms with E-state index in [1.54, 1.807) is 6.20 Å². The number of nitrogens with zero attached hydrogens (tertiary/aromatic N) is 1. The largest absolute Gasteiger partial charge is 0.317 e. The zero-order chi connectivity index (χ0) is 9.10. The summed E-state index contributed by atoms with van der Waals surface area (Å²) in [6, 6.07) is 3.81. The molecule has 2 rings (SSSR count). The summed E-state index contributed by atoms with van der Waals surface area (Å²) in [6.07, 6.45) is 4.14. The molecule has 5 heteroatoms. The van der Waals surface area contributed by atoms with Crippen LogP contribution in [0.3, 0.4) is 0 Å². The number of piperidine rings is 1. The zero-order valence-electron chi connectivity index (χ0n) is 8.28. The molecule has 1 aromatic rings. The third-order valence-corrected chi connectivity index (χ3v) is 2.74. The fourth-order valence-electron chi connectivity index (χ4n) is 1.76. The van der Waals surface area contributed by atoms with Gasteiger partial charge in [-0.2, -0.15) is 0 Å². The lowest BCUT2D eigenvalue weighted by atomic mass is 9.94. The molecule has 0 unspecified atom stereocenters. The van der Waals surface area contributed by atoms with Crippen molar-refractivity contribution in [3.05, 3.63) is 29.0 Å². The molecule has 0 bridgehead atoms.